The Kier molecular flexibility index (Phi) is 4.45. The van der Waals surface area contributed by atoms with Gasteiger partial charge in [-0.15, -0.1) is 0 Å². The van der Waals surface area contributed by atoms with Crippen molar-refractivity contribution in [1.82, 2.24) is 5.32 Å². The monoisotopic (exact) mass is 253 g/mol. The Morgan fingerprint density at radius 2 is 1.88 bits per heavy atom. The van der Waals surface area contributed by atoms with Crippen molar-refractivity contribution in [1.29, 1.82) is 0 Å². The highest BCUT2D eigenvalue weighted by molar-refractivity contribution is 5.22. The summed E-state index contributed by atoms with van der Waals surface area (Å²) < 4.78 is 63.2. The molecule has 1 aromatic rings. The van der Waals surface area contributed by atoms with Crippen LogP contribution in [-0.4, -0.2) is 12.7 Å². The lowest BCUT2D eigenvalue weighted by Crippen LogP contribution is -2.27. The smallest absolute Gasteiger partial charge is 0.310 e. The number of rotatable bonds is 4. The van der Waals surface area contributed by atoms with E-state index in [1.165, 1.54) is 6.07 Å². The molecule has 6 heteroatoms. The zero-order chi connectivity index (χ0) is 13.1. The fourth-order valence-electron chi connectivity index (χ4n) is 1.56. The third kappa shape index (κ3) is 3.96. The zero-order valence-electron chi connectivity index (χ0n) is 9.11. The molecule has 0 aliphatic carbocycles. The number of benzene rings is 1. The number of halogens is 5. The lowest BCUT2D eigenvalue weighted by atomic mass is 10.0. The van der Waals surface area contributed by atoms with Gasteiger partial charge >= 0.3 is 6.18 Å². The quantitative estimate of drug-likeness (QED) is 0.809. The second-order valence-electron chi connectivity index (χ2n) is 3.57. The van der Waals surface area contributed by atoms with Gasteiger partial charge in [-0.1, -0.05) is 19.1 Å². The molecule has 0 aromatic heterocycles. The highest BCUT2D eigenvalue weighted by Gasteiger charge is 2.33. The second kappa shape index (κ2) is 5.44. The van der Waals surface area contributed by atoms with E-state index < -0.39 is 30.3 Å². The standard InChI is InChI=1S/C11H12F5N/c1-2-17-9(6-11(14,15)16)7-4-3-5-8(12)10(7)13/h3-5,9,17H,2,6H2,1H3. The Bertz CT molecular complexity index is 375. The van der Waals surface area contributed by atoms with Crippen molar-refractivity contribution in [3.05, 3.63) is 35.4 Å². The van der Waals surface area contributed by atoms with E-state index in [2.05, 4.69) is 5.32 Å². The Morgan fingerprint density at radius 3 is 2.41 bits per heavy atom. The first kappa shape index (κ1) is 13.9. The maximum absolute atomic E-state index is 13.4. The Morgan fingerprint density at radius 1 is 1.24 bits per heavy atom. The van der Waals surface area contributed by atoms with Crippen molar-refractivity contribution in [3.63, 3.8) is 0 Å². The van der Waals surface area contributed by atoms with Crippen molar-refractivity contribution in [2.45, 2.75) is 25.6 Å². The van der Waals surface area contributed by atoms with Crippen molar-refractivity contribution in [2.24, 2.45) is 0 Å². The van der Waals surface area contributed by atoms with E-state index in [0.29, 0.717) is 0 Å². The Labute approximate surface area is 95.6 Å². The van der Waals surface area contributed by atoms with Gasteiger partial charge in [0.1, 0.15) is 0 Å². The summed E-state index contributed by atoms with van der Waals surface area (Å²) in [5.41, 5.74) is -0.302. The lowest BCUT2D eigenvalue weighted by molar-refractivity contribution is -0.140. The summed E-state index contributed by atoms with van der Waals surface area (Å²) in [6, 6.07) is 1.94. The summed E-state index contributed by atoms with van der Waals surface area (Å²) >= 11 is 0. The fraction of sp³-hybridized carbons (Fsp3) is 0.455. The second-order valence-corrected chi connectivity index (χ2v) is 3.57. The molecule has 1 N–H and O–H groups in total. The van der Waals surface area contributed by atoms with Crippen LogP contribution in [0.5, 0.6) is 0 Å². The van der Waals surface area contributed by atoms with Crippen LogP contribution in [-0.2, 0) is 0 Å². The minimum absolute atomic E-state index is 0.233. The van der Waals surface area contributed by atoms with Crippen LogP contribution >= 0.6 is 0 Å². The highest BCUT2D eigenvalue weighted by atomic mass is 19.4. The number of hydrogen-bond acceptors (Lipinski definition) is 1. The van der Waals surface area contributed by atoms with Crippen LogP contribution in [0.2, 0.25) is 0 Å². The number of nitrogens with one attached hydrogen (secondary N) is 1. The molecule has 0 amide bonds. The summed E-state index contributed by atoms with van der Waals surface area (Å²) in [5, 5.41) is 2.50. The van der Waals surface area contributed by atoms with Gasteiger partial charge in [0.15, 0.2) is 11.6 Å². The summed E-state index contributed by atoms with van der Waals surface area (Å²) in [4.78, 5) is 0. The van der Waals surface area contributed by atoms with Crippen LogP contribution in [0.25, 0.3) is 0 Å². The van der Waals surface area contributed by atoms with Crippen LogP contribution in [0.1, 0.15) is 24.9 Å². The summed E-state index contributed by atoms with van der Waals surface area (Å²) in [5.74, 6) is -2.38. The zero-order valence-corrected chi connectivity index (χ0v) is 9.11. The van der Waals surface area contributed by atoms with Crippen LogP contribution in [0, 0.1) is 11.6 Å². The van der Waals surface area contributed by atoms with E-state index in [-0.39, 0.29) is 12.1 Å². The molecule has 0 heterocycles. The lowest BCUT2D eigenvalue weighted by Gasteiger charge is -2.20. The molecule has 1 nitrogen and oxygen atoms in total. The van der Waals surface area contributed by atoms with E-state index in [0.717, 1.165) is 12.1 Å². The van der Waals surface area contributed by atoms with Gasteiger partial charge in [0.25, 0.3) is 0 Å². The first-order valence-electron chi connectivity index (χ1n) is 5.09. The van der Waals surface area contributed by atoms with Crippen LogP contribution < -0.4 is 5.32 Å². The molecule has 1 rings (SSSR count). The van der Waals surface area contributed by atoms with Gasteiger partial charge in [0.05, 0.1) is 6.42 Å². The average Bonchev–Trinajstić information content (AvgIpc) is 2.19. The van der Waals surface area contributed by atoms with Gasteiger partial charge in [-0.2, -0.15) is 13.2 Å². The van der Waals surface area contributed by atoms with Gasteiger partial charge < -0.3 is 5.32 Å². The molecule has 96 valence electrons. The van der Waals surface area contributed by atoms with Gasteiger partial charge in [-0.25, -0.2) is 8.78 Å². The summed E-state index contributed by atoms with van der Waals surface area (Å²) in [6.45, 7) is 1.83. The molecular formula is C11H12F5N. The average molecular weight is 253 g/mol. The fourth-order valence-corrected chi connectivity index (χ4v) is 1.56. The largest absolute Gasteiger partial charge is 0.390 e. The van der Waals surface area contributed by atoms with E-state index in [1.807, 2.05) is 0 Å². The third-order valence-corrected chi connectivity index (χ3v) is 2.24. The molecule has 0 aliphatic heterocycles. The first-order chi connectivity index (χ1) is 7.85. The molecule has 17 heavy (non-hydrogen) atoms. The molecule has 0 bridgehead atoms. The summed E-state index contributed by atoms with van der Waals surface area (Å²) in [7, 11) is 0. The SMILES string of the molecule is CCNC(CC(F)(F)F)c1cccc(F)c1F. The van der Waals surface area contributed by atoms with Crippen molar-refractivity contribution >= 4 is 0 Å². The molecule has 0 spiro atoms. The van der Waals surface area contributed by atoms with Crippen molar-refractivity contribution < 1.29 is 22.0 Å². The van der Waals surface area contributed by atoms with Crippen molar-refractivity contribution in [2.75, 3.05) is 6.54 Å². The molecule has 0 saturated carbocycles. The molecule has 0 fully saturated rings. The molecule has 0 aliphatic rings. The third-order valence-electron chi connectivity index (χ3n) is 2.24. The van der Waals surface area contributed by atoms with Gasteiger partial charge in [-0.3, -0.25) is 0 Å². The molecule has 0 radical (unpaired) electrons. The normalized spacial score (nSPS) is 13.8. The highest BCUT2D eigenvalue weighted by Crippen LogP contribution is 2.31. The maximum atomic E-state index is 13.4. The molecule has 1 aromatic carbocycles. The Balaban J connectivity index is 3.01. The summed E-state index contributed by atoms with van der Waals surface area (Å²) in [6.07, 6.45) is -5.67. The maximum Gasteiger partial charge on any atom is 0.390 e. The van der Waals surface area contributed by atoms with E-state index in [9.17, 15) is 22.0 Å². The van der Waals surface area contributed by atoms with Crippen molar-refractivity contribution in [3.8, 4) is 0 Å². The molecule has 1 unspecified atom stereocenters. The topological polar surface area (TPSA) is 12.0 Å². The predicted octanol–water partition coefficient (Wildman–Crippen LogP) is 3.57. The molecule has 0 saturated heterocycles. The van der Waals surface area contributed by atoms with Crippen LogP contribution in [0.3, 0.4) is 0 Å². The van der Waals surface area contributed by atoms with Gasteiger partial charge in [0.2, 0.25) is 0 Å². The van der Waals surface area contributed by atoms with Crippen LogP contribution in [0.15, 0.2) is 18.2 Å². The van der Waals surface area contributed by atoms with E-state index in [1.54, 1.807) is 6.92 Å². The number of alkyl halides is 3. The van der Waals surface area contributed by atoms with Gasteiger partial charge in [0, 0.05) is 11.6 Å². The van der Waals surface area contributed by atoms with E-state index in [4.69, 9.17) is 0 Å². The first-order valence-corrected chi connectivity index (χ1v) is 5.09. The Hall–Kier alpha value is -1.17. The van der Waals surface area contributed by atoms with E-state index >= 15 is 0 Å². The molecule has 1 atom stereocenters. The minimum atomic E-state index is -4.44. The number of hydrogen-bond donors (Lipinski definition) is 1. The van der Waals surface area contributed by atoms with Crippen LogP contribution in [0.4, 0.5) is 22.0 Å². The van der Waals surface area contributed by atoms with Gasteiger partial charge in [-0.05, 0) is 12.6 Å². The molecular weight excluding hydrogens is 241 g/mol. The predicted molar refractivity (Wildman–Crippen MR) is 53.4 cm³/mol. The minimum Gasteiger partial charge on any atom is -0.310 e.